The quantitative estimate of drug-likeness (QED) is 0.807. The number of benzene rings is 1. The molecule has 6 nitrogen and oxygen atoms in total. The Morgan fingerprint density at radius 3 is 2.69 bits per heavy atom. The third kappa shape index (κ3) is 4.44. The van der Waals surface area contributed by atoms with Crippen molar-refractivity contribution in [2.45, 2.75) is 37.8 Å². The van der Waals surface area contributed by atoms with E-state index in [9.17, 15) is 4.79 Å². The first-order valence-electron chi connectivity index (χ1n) is 8.85. The van der Waals surface area contributed by atoms with Crippen molar-refractivity contribution in [1.82, 2.24) is 15.8 Å². The highest BCUT2D eigenvalue weighted by atomic mass is 35.5. The summed E-state index contributed by atoms with van der Waals surface area (Å²) < 4.78 is 10.8. The van der Waals surface area contributed by atoms with Gasteiger partial charge in [0.1, 0.15) is 6.10 Å². The first-order chi connectivity index (χ1) is 12.6. The lowest BCUT2D eigenvalue weighted by Crippen LogP contribution is -2.37. The van der Waals surface area contributed by atoms with E-state index in [0.29, 0.717) is 10.9 Å². The number of nitrogens with zero attached hydrogens (tertiary/aromatic N) is 1. The van der Waals surface area contributed by atoms with Gasteiger partial charge in [0.15, 0.2) is 0 Å². The van der Waals surface area contributed by atoms with Crippen LogP contribution in [0, 0.1) is 0 Å². The van der Waals surface area contributed by atoms with Crippen LogP contribution in [0.2, 0.25) is 5.02 Å². The summed E-state index contributed by atoms with van der Waals surface area (Å²) in [6.07, 6.45) is 1.72. The lowest BCUT2D eigenvalue weighted by Gasteiger charge is -2.23. The molecule has 0 aliphatic carbocycles. The van der Waals surface area contributed by atoms with Crippen molar-refractivity contribution in [2.75, 3.05) is 20.2 Å². The predicted molar refractivity (Wildman–Crippen MR) is 99.5 cm³/mol. The fourth-order valence-electron chi connectivity index (χ4n) is 3.34. The number of amides is 1. The average molecular weight is 378 g/mol. The molecule has 1 aliphatic rings. The number of rotatable bonds is 6. The summed E-state index contributed by atoms with van der Waals surface area (Å²) in [7, 11) is 1.62. The molecule has 1 aromatic carbocycles. The van der Waals surface area contributed by atoms with Crippen molar-refractivity contribution in [2.24, 2.45) is 0 Å². The van der Waals surface area contributed by atoms with Crippen molar-refractivity contribution in [3.05, 3.63) is 52.4 Å². The molecule has 2 N–H and O–H groups in total. The van der Waals surface area contributed by atoms with Gasteiger partial charge in [-0.05, 0) is 50.6 Å². The number of carbonyl (C=O) groups excluding carboxylic acids is 1. The molecule has 1 aromatic heterocycles. The van der Waals surface area contributed by atoms with Gasteiger partial charge in [-0.25, -0.2) is 0 Å². The molecule has 3 rings (SSSR count). The minimum absolute atomic E-state index is 0.233. The molecular formula is C19H24ClN3O3. The number of nitrogens with one attached hydrogen (secondary N) is 2. The first kappa shape index (κ1) is 18.9. The van der Waals surface area contributed by atoms with Gasteiger partial charge in [-0.15, -0.1) is 0 Å². The molecule has 0 spiro atoms. The molecule has 1 fully saturated rings. The first-order valence-corrected chi connectivity index (χ1v) is 9.22. The van der Waals surface area contributed by atoms with Crippen LogP contribution < -0.4 is 10.6 Å². The van der Waals surface area contributed by atoms with Crippen LogP contribution in [0.3, 0.4) is 0 Å². The molecule has 0 radical (unpaired) electrons. The van der Waals surface area contributed by atoms with E-state index < -0.39 is 0 Å². The number of hydrogen-bond acceptors (Lipinski definition) is 5. The van der Waals surface area contributed by atoms with E-state index in [4.69, 9.17) is 20.9 Å². The fraction of sp³-hybridized carbons (Fsp3) is 0.474. The van der Waals surface area contributed by atoms with Gasteiger partial charge in [0.2, 0.25) is 5.76 Å². The second-order valence-corrected chi connectivity index (χ2v) is 7.05. The number of halogens is 1. The summed E-state index contributed by atoms with van der Waals surface area (Å²) in [5, 5.41) is 11.0. The fourth-order valence-corrected chi connectivity index (χ4v) is 3.47. The minimum Gasteiger partial charge on any atom is -0.375 e. The summed E-state index contributed by atoms with van der Waals surface area (Å²) in [6.45, 7) is 3.82. The van der Waals surface area contributed by atoms with Crippen molar-refractivity contribution in [3.63, 3.8) is 0 Å². The monoisotopic (exact) mass is 377 g/mol. The summed E-state index contributed by atoms with van der Waals surface area (Å²) in [4.78, 5) is 12.5. The zero-order valence-corrected chi connectivity index (χ0v) is 15.8. The lowest BCUT2D eigenvalue weighted by molar-refractivity contribution is 0.0628. The lowest BCUT2D eigenvalue weighted by atomic mass is 9.94. The van der Waals surface area contributed by atoms with Crippen LogP contribution in [0.15, 0.2) is 34.9 Å². The maximum absolute atomic E-state index is 12.5. The van der Waals surface area contributed by atoms with Gasteiger partial charge in [0, 0.05) is 24.1 Å². The standard InChI is InChI=1S/C19H24ClN3O3/c1-12(18(25-2)14-3-5-15(20)6-4-14)22-19(24)17-11-16(23-26-17)13-7-9-21-10-8-13/h3-6,11-13,18,21H,7-10H2,1-2H3,(H,22,24). The Labute approximate surface area is 158 Å². The van der Waals surface area contributed by atoms with E-state index in [1.165, 1.54) is 0 Å². The number of hydrogen-bond donors (Lipinski definition) is 2. The molecule has 7 heteroatoms. The van der Waals surface area contributed by atoms with E-state index in [0.717, 1.165) is 37.2 Å². The van der Waals surface area contributed by atoms with Crippen LogP contribution in [-0.4, -0.2) is 37.3 Å². The summed E-state index contributed by atoms with van der Waals surface area (Å²) in [5.74, 6) is 0.289. The largest absolute Gasteiger partial charge is 0.375 e. The van der Waals surface area contributed by atoms with E-state index in [2.05, 4.69) is 15.8 Å². The molecule has 1 aliphatic heterocycles. The van der Waals surface area contributed by atoms with Gasteiger partial charge < -0.3 is 19.9 Å². The Hall–Kier alpha value is -1.89. The molecule has 0 bridgehead atoms. The van der Waals surface area contributed by atoms with E-state index in [-0.39, 0.29) is 23.8 Å². The Balaban J connectivity index is 1.64. The Bertz CT molecular complexity index is 726. The molecular weight excluding hydrogens is 354 g/mol. The van der Waals surface area contributed by atoms with Crippen molar-refractivity contribution >= 4 is 17.5 Å². The smallest absolute Gasteiger partial charge is 0.290 e. The second kappa shape index (κ2) is 8.66. The van der Waals surface area contributed by atoms with E-state index >= 15 is 0 Å². The molecule has 1 amide bonds. The van der Waals surface area contributed by atoms with Crippen LogP contribution in [-0.2, 0) is 4.74 Å². The van der Waals surface area contributed by atoms with Crippen LogP contribution in [0.25, 0.3) is 0 Å². The van der Waals surface area contributed by atoms with Crippen molar-refractivity contribution < 1.29 is 14.1 Å². The Morgan fingerprint density at radius 1 is 1.35 bits per heavy atom. The molecule has 0 saturated carbocycles. The summed E-state index contributed by atoms with van der Waals surface area (Å²) >= 11 is 5.94. The number of methoxy groups -OCH3 is 1. The van der Waals surface area contributed by atoms with Gasteiger partial charge in [-0.3, -0.25) is 4.79 Å². The third-order valence-corrected chi connectivity index (χ3v) is 5.03. The van der Waals surface area contributed by atoms with Crippen molar-refractivity contribution in [3.8, 4) is 0 Å². The highest BCUT2D eigenvalue weighted by Crippen LogP contribution is 2.25. The highest BCUT2D eigenvalue weighted by molar-refractivity contribution is 6.30. The van der Waals surface area contributed by atoms with Gasteiger partial charge in [-0.2, -0.15) is 0 Å². The maximum Gasteiger partial charge on any atom is 0.290 e. The van der Waals surface area contributed by atoms with E-state index in [1.807, 2.05) is 19.1 Å². The number of piperidine rings is 1. The van der Waals surface area contributed by atoms with Gasteiger partial charge in [0.05, 0.1) is 11.7 Å². The van der Waals surface area contributed by atoms with Gasteiger partial charge >= 0.3 is 0 Å². The van der Waals surface area contributed by atoms with E-state index in [1.54, 1.807) is 25.3 Å². The number of ether oxygens (including phenoxy) is 1. The SMILES string of the molecule is COC(c1ccc(Cl)cc1)C(C)NC(=O)c1cc(C2CCNCC2)no1. The molecule has 2 atom stereocenters. The number of aromatic nitrogens is 1. The maximum atomic E-state index is 12.5. The Kier molecular flexibility index (Phi) is 6.29. The third-order valence-electron chi connectivity index (χ3n) is 4.77. The van der Waals surface area contributed by atoms with Crippen LogP contribution in [0.5, 0.6) is 0 Å². The zero-order valence-electron chi connectivity index (χ0n) is 15.0. The highest BCUT2D eigenvalue weighted by Gasteiger charge is 2.25. The molecule has 26 heavy (non-hydrogen) atoms. The second-order valence-electron chi connectivity index (χ2n) is 6.61. The van der Waals surface area contributed by atoms with Crippen LogP contribution in [0.1, 0.15) is 53.6 Å². The molecule has 2 heterocycles. The van der Waals surface area contributed by atoms with Gasteiger partial charge in [0.25, 0.3) is 5.91 Å². The normalized spacial score (nSPS) is 17.7. The molecule has 1 saturated heterocycles. The zero-order chi connectivity index (χ0) is 18.5. The molecule has 2 aromatic rings. The summed E-state index contributed by atoms with van der Waals surface area (Å²) in [6, 6.07) is 8.90. The average Bonchev–Trinajstić information content (AvgIpc) is 3.15. The number of carbonyl (C=O) groups is 1. The molecule has 2 unspecified atom stereocenters. The van der Waals surface area contributed by atoms with Gasteiger partial charge in [-0.1, -0.05) is 28.9 Å². The minimum atomic E-state index is -0.291. The van der Waals surface area contributed by atoms with Crippen LogP contribution in [0.4, 0.5) is 0 Å². The predicted octanol–water partition coefficient (Wildman–Crippen LogP) is 3.30. The summed E-state index contributed by atoms with van der Waals surface area (Å²) in [5.41, 5.74) is 1.79. The molecule has 140 valence electrons. The topological polar surface area (TPSA) is 76.4 Å². The van der Waals surface area contributed by atoms with Crippen LogP contribution >= 0.6 is 11.6 Å². The van der Waals surface area contributed by atoms with Crippen molar-refractivity contribution in [1.29, 1.82) is 0 Å². The Morgan fingerprint density at radius 2 is 2.04 bits per heavy atom.